The van der Waals surface area contributed by atoms with Crippen molar-refractivity contribution in [2.75, 3.05) is 26.4 Å². The third-order valence-electron chi connectivity index (χ3n) is 18.5. The Labute approximate surface area is 617 Å². The quantitative estimate of drug-likeness (QED) is 0.0250. The number of aliphatic hydroxyl groups is 1. The van der Waals surface area contributed by atoms with Crippen LogP contribution in [0.2, 0.25) is 0 Å². The highest BCUT2D eigenvalue weighted by molar-refractivity contribution is 5.74. The van der Waals surface area contributed by atoms with Crippen molar-refractivity contribution in [2.45, 2.75) is 453 Å². The van der Waals surface area contributed by atoms with Gasteiger partial charge in [0, 0.05) is 25.7 Å². The fourth-order valence-electron chi connectivity index (χ4n) is 12.3. The van der Waals surface area contributed by atoms with Gasteiger partial charge < -0.3 is 44.1 Å². The molecule has 0 aliphatic rings. The summed E-state index contributed by atoms with van der Waals surface area (Å²) in [5, 5.41) is 35.9. The number of carboxylic acid groups (broad SMARTS) is 3. The highest BCUT2D eigenvalue weighted by atomic mass is 16.6. The number of ether oxygens (including phenoxy) is 5. The number of aliphatic hydroxyl groups excluding tert-OH is 1. The van der Waals surface area contributed by atoms with Gasteiger partial charge in [-0.3, -0.25) is 38.4 Å². The molecule has 17 nitrogen and oxygen atoms in total. The van der Waals surface area contributed by atoms with E-state index in [2.05, 4.69) is 27.7 Å². The number of unbranched alkanes of at least 4 members (excludes halogenated alkanes) is 48. The molecule has 596 valence electrons. The van der Waals surface area contributed by atoms with Crippen molar-refractivity contribution in [3.8, 4) is 0 Å². The summed E-state index contributed by atoms with van der Waals surface area (Å²) in [5.41, 5.74) is -1.46. The summed E-state index contributed by atoms with van der Waals surface area (Å²) in [6.45, 7) is 15.0. The average molecular weight is 1440 g/mol. The number of carbonyl (C=O) groups is 8. The van der Waals surface area contributed by atoms with E-state index in [1.54, 1.807) is 27.7 Å². The summed E-state index contributed by atoms with van der Waals surface area (Å²) in [6.07, 6.45) is 63.8. The summed E-state index contributed by atoms with van der Waals surface area (Å²) >= 11 is 0. The first-order valence-electron chi connectivity index (χ1n) is 41.7. The second kappa shape index (κ2) is 75.4. The Hall–Kier alpha value is -4.28. The maximum Gasteiger partial charge on any atom is 0.306 e. The molecule has 0 bridgehead atoms. The van der Waals surface area contributed by atoms with Crippen molar-refractivity contribution in [1.29, 1.82) is 0 Å². The predicted octanol–water partition coefficient (Wildman–Crippen LogP) is 23.2. The number of carboxylic acids is 3. The molecule has 0 heterocycles. The standard InChI is InChI=1S/C42H78O8.C35H68O5.C7H12O4/c1-5-7-9-11-13-15-17-19-21-23-25-27-29-31-39(45)48-35-37(50-41(47)34-42(3,4)33-38(43)44)36-49-40(46)32-30-28-26-24-22-20-18-16-14-12-10-8-6-2;1-3-5-7-9-11-13-15-17-19-21-23-25-27-29-34(37)39-31-33(36)32-40-35(38)30-28-26-24-22-20-18-16-14-12-10-8-6-4-2;1-7(2,3-5(8)9)4-6(10)11/h37H,5-36H2,1-4H3,(H,43,44);33,36H,3-32H2,1-2H3;3-4H2,1-2H3,(H,8,9)(H,10,11). The number of esters is 5. The van der Waals surface area contributed by atoms with Crippen LogP contribution in [0.25, 0.3) is 0 Å². The second-order valence-corrected chi connectivity index (χ2v) is 30.7. The Morgan fingerprint density at radius 2 is 0.416 bits per heavy atom. The van der Waals surface area contributed by atoms with Crippen LogP contribution in [-0.2, 0) is 62.0 Å². The largest absolute Gasteiger partial charge is 0.481 e. The van der Waals surface area contributed by atoms with Crippen molar-refractivity contribution >= 4 is 47.8 Å². The van der Waals surface area contributed by atoms with Gasteiger partial charge in [0.15, 0.2) is 6.10 Å². The lowest BCUT2D eigenvalue weighted by molar-refractivity contribution is -0.168. The SMILES string of the molecule is CC(C)(CC(=O)O)CC(=O)O.CCCCCCCCCCCCCCCC(=O)OCC(COC(=O)CCCCCCCCCCCCCCC)OC(=O)CC(C)(C)CC(=O)O.CCCCCCCCCCCCCCCC(=O)OCC(O)COC(=O)CCCCCCCCCCCCCCC. The molecule has 0 saturated heterocycles. The van der Waals surface area contributed by atoms with Crippen molar-refractivity contribution in [1.82, 2.24) is 0 Å². The summed E-state index contributed by atoms with van der Waals surface area (Å²) in [6, 6.07) is 0. The van der Waals surface area contributed by atoms with Crippen LogP contribution in [0, 0.1) is 10.8 Å². The third kappa shape index (κ3) is 84.5. The van der Waals surface area contributed by atoms with Crippen LogP contribution in [0.5, 0.6) is 0 Å². The molecule has 0 aliphatic heterocycles. The lowest BCUT2D eigenvalue weighted by Gasteiger charge is -2.23. The number of hydrogen-bond donors (Lipinski definition) is 4. The van der Waals surface area contributed by atoms with Crippen LogP contribution in [0.3, 0.4) is 0 Å². The fourth-order valence-corrected chi connectivity index (χ4v) is 12.3. The van der Waals surface area contributed by atoms with Crippen LogP contribution < -0.4 is 0 Å². The normalized spacial score (nSPS) is 11.4. The minimum atomic E-state index is -0.997. The van der Waals surface area contributed by atoms with Crippen molar-refractivity contribution in [2.24, 2.45) is 10.8 Å². The minimum Gasteiger partial charge on any atom is -0.481 e. The van der Waals surface area contributed by atoms with Gasteiger partial charge in [0.05, 0.1) is 25.7 Å². The summed E-state index contributed by atoms with van der Waals surface area (Å²) < 4.78 is 26.7. The van der Waals surface area contributed by atoms with Gasteiger partial charge >= 0.3 is 47.8 Å². The molecule has 0 aromatic rings. The topological polar surface area (TPSA) is 264 Å². The number of rotatable bonds is 73. The lowest BCUT2D eigenvalue weighted by atomic mass is 9.86. The zero-order valence-corrected chi connectivity index (χ0v) is 66.5. The van der Waals surface area contributed by atoms with Crippen molar-refractivity contribution in [3.05, 3.63) is 0 Å². The zero-order valence-electron chi connectivity index (χ0n) is 66.5. The Balaban J connectivity index is -0.00000168. The number of aliphatic carboxylic acids is 3. The van der Waals surface area contributed by atoms with E-state index in [-0.39, 0.29) is 76.0 Å². The summed E-state index contributed by atoms with van der Waals surface area (Å²) in [4.78, 5) is 92.9. The zero-order chi connectivity index (χ0) is 75.6. The van der Waals surface area contributed by atoms with Gasteiger partial charge in [-0.2, -0.15) is 0 Å². The van der Waals surface area contributed by atoms with Gasteiger partial charge in [-0.15, -0.1) is 0 Å². The smallest absolute Gasteiger partial charge is 0.306 e. The van der Waals surface area contributed by atoms with Gasteiger partial charge in [0.25, 0.3) is 0 Å². The maximum absolute atomic E-state index is 12.7. The lowest BCUT2D eigenvalue weighted by Crippen LogP contribution is -2.32. The molecule has 0 spiro atoms. The van der Waals surface area contributed by atoms with Gasteiger partial charge in [-0.1, -0.05) is 364 Å². The highest BCUT2D eigenvalue weighted by Crippen LogP contribution is 2.27. The van der Waals surface area contributed by atoms with E-state index in [9.17, 15) is 43.5 Å². The fraction of sp³-hybridized carbons (Fsp3) is 0.905. The van der Waals surface area contributed by atoms with Gasteiger partial charge in [0.2, 0.25) is 0 Å². The molecule has 0 rings (SSSR count). The molecular formula is C84H158O17. The van der Waals surface area contributed by atoms with E-state index >= 15 is 0 Å². The Morgan fingerprint density at radius 3 is 0.604 bits per heavy atom. The number of carbonyl (C=O) groups excluding carboxylic acids is 5. The third-order valence-corrected chi connectivity index (χ3v) is 18.5. The monoisotopic (exact) mass is 1440 g/mol. The van der Waals surface area contributed by atoms with Crippen LogP contribution in [0.4, 0.5) is 0 Å². The van der Waals surface area contributed by atoms with E-state index in [4.69, 9.17) is 39.0 Å². The summed E-state index contributed by atoms with van der Waals surface area (Å²) in [7, 11) is 0. The van der Waals surface area contributed by atoms with Gasteiger partial charge in [-0.05, 0) is 36.5 Å². The van der Waals surface area contributed by atoms with E-state index < -0.39 is 46.9 Å². The van der Waals surface area contributed by atoms with Crippen LogP contribution in [-0.4, -0.2) is 107 Å². The van der Waals surface area contributed by atoms with Crippen molar-refractivity contribution in [3.63, 3.8) is 0 Å². The van der Waals surface area contributed by atoms with E-state index in [1.165, 1.54) is 270 Å². The van der Waals surface area contributed by atoms with Crippen molar-refractivity contribution < 1.29 is 82.5 Å². The molecule has 0 saturated carbocycles. The van der Waals surface area contributed by atoms with E-state index in [1.807, 2.05) is 0 Å². The molecule has 0 unspecified atom stereocenters. The molecule has 0 aromatic heterocycles. The molecule has 0 aromatic carbocycles. The van der Waals surface area contributed by atoms with Gasteiger partial charge in [0.1, 0.15) is 32.5 Å². The Bertz CT molecular complexity index is 1830. The predicted molar refractivity (Wildman–Crippen MR) is 410 cm³/mol. The molecule has 17 heteroatoms. The molecule has 0 radical (unpaired) electrons. The Kier molecular flexibility index (Phi) is 75.3. The molecule has 0 amide bonds. The first-order chi connectivity index (χ1) is 48.5. The minimum absolute atomic E-state index is 0.108. The second-order valence-electron chi connectivity index (χ2n) is 30.7. The van der Waals surface area contributed by atoms with Gasteiger partial charge in [-0.25, -0.2) is 0 Å². The highest BCUT2D eigenvalue weighted by Gasteiger charge is 2.29. The average Bonchev–Trinajstić information content (AvgIpc) is 0.939. The molecule has 0 fully saturated rings. The van der Waals surface area contributed by atoms with Crippen LogP contribution >= 0.6 is 0 Å². The number of hydrogen-bond acceptors (Lipinski definition) is 14. The van der Waals surface area contributed by atoms with Crippen LogP contribution in [0.1, 0.15) is 441 Å². The molecule has 0 aliphatic carbocycles. The van der Waals surface area contributed by atoms with E-state index in [0.717, 1.165) is 64.2 Å². The summed E-state index contributed by atoms with van der Waals surface area (Å²) in [5.74, 6) is -4.81. The molecule has 0 atom stereocenters. The van der Waals surface area contributed by atoms with E-state index in [0.29, 0.717) is 25.7 Å². The first kappa shape index (κ1) is 101. The van der Waals surface area contributed by atoms with Crippen LogP contribution in [0.15, 0.2) is 0 Å². The Morgan fingerprint density at radius 1 is 0.248 bits per heavy atom. The molecule has 4 N–H and O–H groups in total. The first-order valence-corrected chi connectivity index (χ1v) is 41.7. The molecule has 101 heavy (non-hydrogen) atoms. The maximum atomic E-state index is 12.7. The molecular weight excluding hydrogens is 1280 g/mol.